The predicted molar refractivity (Wildman–Crippen MR) is 109 cm³/mol. The van der Waals surface area contributed by atoms with Gasteiger partial charge in [-0.25, -0.2) is 4.39 Å². The third kappa shape index (κ3) is 5.00. The van der Waals surface area contributed by atoms with Crippen molar-refractivity contribution in [2.45, 2.75) is 63.6 Å². The Hall–Kier alpha value is -2.31. The quantitative estimate of drug-likeness (QED) is 0.725. The molecule has 0 unspecified atom stereocenters. The molecule has 29 heavy (non-hydrogen) atoms. The molecular weight excluding hydrogens is 369 g/mol. The van der Waals surface area contributed by atoms with Crippen molar-refractivity contribution in [3.05, 3.63) is 64.2 Å². The average Bonchev–Trinajstić information content (AvgIpc) is 2.71. The van der Waals surface area contributed by atoms with Crippen LogP contribution < -0.4 is 10.6 Å². The predicted octanol–water partition coefficient (Wildman–Crippen LogP) is 2.42. The summed E-state index contributed by atoms with van der Waals surface area (Å²) in [7, 11) is 0. The Kier molecular flexibility index (Phi) is 6.21. The zero-order valence-corrected chi connectivity index (χ0v) is 16.6. The number of carbonyl (C=O) groups is 1. The van der Waals surface area contributed by atoms with E-state index in [1.165, 1.54) is 17.7 Å². The lowest BCUT2D eigenvalue weighted by Crippen LogP contribution is -2.45. The number of aliphatic hydroxyl groups is 1. The molecule has 154 valence electrons. The number of fused-ring (bicyclic) bond motifs is 1. The van der Waals surface area contributed by atoms with Crippen molar-refractivity contribution < 1.29 is 14.3 Å². The number of benzene rings is 1. The minimum absolute atomic E-state index is 0.0973. The Balaban J connectivity index is 1.52. The topological polar surface area (TPSA) is 74.2 Å². The first-order valence-corrected chi connectivity index (χ1v) is 10.5. The van der Waals surface area contributed by atoms with Crippen molar-refractivity contribution in [1.29, 1.82) is 0 Å². The van der Waals surface area contributed by atoms with Crippen LogP contribution in [0.2, 0.25) is 0 Å². The van der Waals surface area contributed by atoms with Gasteiger partial charge in [0.15, 0.2) is 0 Å². The first kappa shape index (κ1) is 20.0. The summed E-state index contributed by atoms with van der Waals surface area (Å²) in [6.07, 6.45) is 4.96. The van der Waals surface area contributed by atoms with E-state index in [1.54, 1.807) is 12.1 Å². The molecule has 2 aromatic rings. The largest absolute Gasteiger partial charge is 0.391 e. The molecule has 1 aliphatic heterocycles. The zero-order chi connectivity index (χ0) is 20.2. The number of amides is 1. The third-order valence-electron chi connectivity index (χ3n) is 5.92. The number of carbonyl (C=O) groups excluding carboxylic acids is 1. The van der Waals surface area contributed by atoms with Crippen molar-refractivity contribution in [2.75, 3.05) is 6.54 Å². The van der Waals surface area contributed by atoms with E-state index in [0.717, 1.165) is 61.2 Å². The van der Waals surface area contributed by atoms with Crippen molar-refractivity contribution in [3.63, 3.8) is 0 Å². The molecule has 1 aromatic heterocycles. The molecule has 6 heteroatoms. The van der Waals surface area contributed by atoms with Crippen LogP contribution in [0, 0.1) is 5.82 Å². The SMILES string of the molecule is O=C(Cc1cc(Cc2ccc(F)cc2)c2c(n1)CNCC2)N[C@H]1CCCC[C@@H]1O. The Labute approximate surface area is 170 Å². The van der Waals surface area contributed by atoms with Crippen LogP contribution in [0.4, 0.5) is 4.39 Å². The molecule has 1 aromatic carbocycles. The van der Waals surface area contributed by atoms with Crippen LogP contribution in [-0.4, -0.2) is 34.7 Å². The number of halogens is 1. The first-order valence-electron chi connectivity index (χ1n) is 10.5. The van der Waals surface area contributed by atoms with Crippen LogP contribution in [0.25, 0.3) is 0 Å². The van der Waals surface area contributed by atoms with E-state index in [2.05, 4.69) is 10.6 Å². The van der Waals surface area contributed by atoms with Crippen LogP contribution >= 0.6 is 0 Å². The van der Waals surface area contributed by atoms with E-state index in [9.17, 15) is 14.3 Å². The molecule has 0 bridgehead atoms. The van der Waals surface area contributed by atoms with E-state index in [0.29, 0.717) is 13.0 Å². The van der Waals surface area contributed by atoms with Gasteiger partial charge in [0, 0.05) is 6.54 Å². The molecule has 1 aliphatic carbocycles. The number of nitrogens with zero attached hydrogens (tertiary/aromatic N) is 1. The van der Waals surface area contributed by atoms with E-state index in [1.807, 2.05) is 6.07 Å². The van der Waals surface area contributed by atoms with Gasteiger partial charge in [-0.05, 0) is 67.1 Å². The maximum atomic E-state index is 13.2. The number of rotatable bonds is 5. The third-order valence-corrected chi connectivity index (χ3v) is 5.92. The highest BCUT2D eigenvalue weighted by Crippen LogP contribution is 2.23. The summed E-state index contributed by atoms with van der Waals surface area (Å²) in [5, 5.41) is 16.4. The second-order valence-electron chi connectivity index (χ2n) is 8.13. The van der Waals surface area contributed by atoms with Crippen molar-refractivity contribution in [2.24, 2.45) is 0 Å². The fourth-order valence-electron chi connectivity index (χ4n) is 4.39. The van der Waals surface area contributed by atoms with Gasteiger partial charge < -0.3 is 15.7 Å². The fraction of sp³-hybridized carbons (Fsp3) is 0.478. The summed E-state index contributed by atoms with van der Waals surface area (Å²) < 4.78 is 13.2. The highest BCUT2D eigenvalue weighted by atomic mass is 19.1. The van der Waals surface area contributed by atoms with Crippen LogP contribution in [-0.2, 0) is 30.6 Å². The molecule has 1 fully saturated rings. The Bertz CT molecular complexity index is 869. The van der Waals surface area contributed by atoms with Gasteiger partial charge in [0.05, 0.1) is 30.0 Å². The van der Waals surface area contributed by atoms with Crippen LogP contribution in [0.15, 0.2) is 30.3 Å². The summed E-state index contributed by atoms with van der Waals surface area (Å²) in [6, 6.07) is 8.43. The van der Waals surface area contributed by atoms with E-state index >= 15 is 0 Å². The molecule has 0 radical (unpaired) electrons. The van der Waals surface area contributed by atoms with Crippen LogP contribution in [0.5, 0.6) is 0 Å². The second kappa shape index (κ2) is 9.01. The minimum atomic E-state index is -0.456. The highest BCUT2D eigenvalue weighted by Gasteiger charge is 2.25. The molecule has 1 amide bonds. The van der Waals surface area contributed by atoms with Crippen LogP contribution in [0.1, 0.15) is 53.8 Å². The Morgan fingerprint density at radius 2 is 2.03 bits per heavy atom. The standard InChI is InChI=1S/C23H28FN3O2/c24-17-7-5-15(6-8-17)11-16-12-18(26-21-14-25-10-9-19(16)21)13-23(29)27-20-3-1-2-4-22(20)28/h5-8,12,20,22,25,28H,1-4,9-11,13-14H2,(H,27,29)/t20-,22-/m0/s1. The van der Waals surface area contributed by atoms with Crippen LogP contribution in [0.3, 0.4) is 0 Å². The number of aromatic nitrogens is 1. The number of hydrogen-bond donors (Lipinski definition) is 3. The second-order valence-corrected chi connectivity index (χ2v) is 8.13. The minimum Gasteiger partial charge on any atom is -0.391 e. The Morgan fingerprint density at radius 1 is 1.24 bits per heavy atom. The maximum absolute atomic E-state index is 13.2. The molecule has 3 N–H and O–H groups in total. The lowest BCUT2D eigenvalue weighted by Gasteiger charge is -2.28. The zero-order valence-electron chi connectivity index (χ0n) is 16.6. The number of pyridine rings is 1. The average molecular weight is 397 g/mol. The molecule has 2 atom stereocenters. The lowest BCUT2D eigenvalue weighted by atomic mass is 9.92. The van der Waals surface area contributed by atoms with Gasteiger partial charge in [-0.1, -0.05) is 25.0 Å². The molecule has 2 heterocycles. The smallest absolute Gasteiger partial charge is 0.226 e. The number of hydrogen-bond acceptors (Lipinski definition) is 4. The molecule has 1 saturated carbocycles. The summed E-state index contributed by atoms with van der Waals surface area (Å²) in [5.41, 5.74) is 5.17. The molecule has 0 spiro atoms. The van der Waals surface area contributed by atoms with Gasteiger partial charge in [-0.3, -0.25) is 9.78 Å². The summed E-state index contributed by atoms with van der Waals surface area (Å²) >= 11 is 0. The van der Waals surface area contributed by atoms with Crippen molar-refractivity contribution in [3.8, 4) is 0 Å². The van der Waals surface area contributed by atoms with Gasteiger partial charge in [0.25, 0.3) is 0 Å². The van der Waals surface area contributed by atoms with Gasteiger partial charge in [-0.15, -0.1) is 0 Å². The fourth-order valence-corrected chi connectivity index (χ4v) is 4.39. The van der Waals surface area contributed by atoms with E-state index in [-0.39, 0.29) is 24.2 Å². The molecule has 0 saturated heterocycles. The van der Waals surface area contributed by atoms with Gasteiger partial charge in [0.2, 0.25) is 5.91 Å². The normalized spacial score (nSPS) is 21.4. The van der Waals surface area contributed by atoms with E-state index in [4.69, 9.17) is 4.98 Å². The Morgan fingerprint density at radius 3 is 2.83 bits per heavy atom. The first-order chi connectivity index (χ1) is 14.1. The monoisotopic (exact) mass is 397 g/mol. The summed E-state index contributed by atoms with van der Waals surface area (Å²) in [5.74, 6) is -0.336. The molecule has 2 aliphatic rings. The highest BCUT2D eigenvalue weighted by molar-refractivity contribution is 5.78. The van der Waals surface area contributed by atoms with Crippen molar-refractivity contribution >= 4 is 5.91 Å². The van der Waals surface area contributed by atoms with E-state index < -0.39 is 6.10 Å². The van der Waals surface area contributed by atoms with Gasteiger partial charge in [-0.2, -0.15) is 0 Å². The number of aliphatic hydroxyl groups excluding tert-OH is 1. The van der Waals surface area contributed by atoms with Crippen molar-refractivity contribution in [1.82, 2.24) is 15.6 Å². The number of nitrogens with one attached hydrogen (secondary N) is 2. The van der Waals surface area contributed by atoms with Gasteiger partial charge in [0.1, 0.15) is 5.82 Å². The summed E-state index contributed by atoms with van der Waals surface area (Å²) in [4.78, 5) is 17.3. The lowest BCUT2D eigenvalue weighted by molar-refractivity contribution is -0.122. The maximum Gasteiger partial charge on any atom is 0.226 e. The molecular formula is C23H28FN3O2. The molecule has 4 rings (SSSR count). The molecule has 5 nitrogen and oxygen atoms in total. The van der Waals surface area contributed by atoms with Gasteiger partial charge >= 0.3 is 0 Å². The summed E-state index contributed by atoms with van der Waals surface area (Å²) in [6.45, 7) is 1.60.